The molecule has 41 heavy (non-hydrogen) atoms. The van der Waals surface area contributed by atoms with E-state index in [-0.39, 0.29) is 6.04 Å². The number of piperidine rings is 1. The standard InChI is InChI=1S/C31H36N8O2/c1-20-8-30(40-3)34-13-24(20)15-38-25-9-26(38)17-36(16-25)29-5-4-22(12-33-29)28-10-27(37-6-7-41-19-21(37)2)18-39-31(28)23(11-32)14-35-39/h4-5,8,10,12-14,18,20-21,24-26H,6-7,9,15-17,19H2,1-3H3/t20?,21-,24?,25?,26?/m1/s1. The third-order valence-electron chi connectivity index (χ3n) is 9.25. The van der Waals surface area contributed by atoms with Gasteiger partial charge in [0.25, 0.3) is 0 Å². The quantitative estimate of drug-likeness (QED) is 0.458. The molecule has 5 atom stereocenters. The van der Waals surface area contributed by atoms with Gasteiger partial charge in [0.15, 0.2) is 0 Å². The predicted molar refractivity (Wildman–Crippen MR) is 158 cm³/mol. The molecular formula is C31H36N8O2. The normalized spacial score (nSPS) is 27.9. The van der Waals surface area contributed by atoms with Gasteiger partial charge in [-0.05, 0) is 43.5 Å². The fraction of sp³-hybridized carbons (Fsp3) is 0.484. The topological polar surface area (TPSA) is 94.5 Å². The number of aliphatic imine (C=N–C) groups is 1. The second-order valence-electron chi connectivity index (χ2n) is 11.8. The average Bonchev–Trinajstić information content (AvgIpc) is 3.43. The minimum absolute atomic E-state index is 0.263. The second-order valence-corrected chi connectivity index (χ2v) is 11.8. The zero-order valence-corrected chi connectivity index (χ0v) is 23.8. The van der Waals surface area contributed by atoms with E-state index in [0.717, 1.165) is 60.2 Å². The van der Waals surface area contributed by atoms with Crippen LogP contribution >= 0.6 is 0 Å². The van der Waals surface area contributed by atoms with Crippen LogP contribution in [0.4, 0.5) is 11.5 Å². The Labute approximate surface area is 240 Å². The summed E-state index contributed by atoms with van der Waals surface area (Å²) in [5, 5.41) is 14.3. The number of aromatic nitrogens is 3. The molecule has 0 spiro atoms. The highest BCUT2D eigenvalue weighted by molar-refractivity contribution is 5.86. The van der Waals surface area contributed by atoms with Gasteiger partial charge in [0.05, 0.1) is 49.5 Å². The maximum atomic E-state index is 9.79. The number of hydrogen-bond acceptors (Lipinski definition) is 9. The monoisotopic (exact) mass is 552 g/mol. The van der Waals surface area contributed by atoms with E-state index in [0.29, 0.717) is 42.7 Å². The summed E-state index contributed by atoms with van der Waals surface area (Å²) in [6.07, 6.45) is 11.1. The number of morpholine rings is 1. The van der Waals surface area contributed by atoms with Crippen LogP contribution in [-0.2, 0) is 9.47 Å². The molecule has 4 unspecified atom stereocenters. The van der Waals surface area contributed by atoms with E-state index < -0.39 is 0 Å². The summed E-state index contributed by atoms with van der Waals surface area (Å²) in [4.78, 5) is 16.8. The van der Waals surface area contributed by atoms with Crippen molar-refractivity contribution in [1.29, 1.82) is 5.26 Å². The van der Waals surface area contributed by atoms with Gasteiger partial charge in [-0.2, -0.15) is 10.4 Å². The SMILES string of the molecule is COC1=CC(C)C(CN2C3CC2CN(c2ccc(-c4cc(N5CCOC[C@H]5C)cn5ncc(C#N)c45)cn2)C3)C=N1. The number of anilines is 2. The van der Waals surface area contributed by atoms with E-state index in [4.69, 9.17) is 14.5 Å². The van der Waals surface area contributed by atoms with E-state index in [1.807, 2.05) is 16.9 Å². The van der Waals surface area contributed by atoms with Crippen molar-refractivity contribution in [1.82, 2.24) is 19.5 Å². The summed E-state index contributed by atoms with van der Waals surface area (Å²) in [5.41, 5.74) is 4.40. The van der Waals surface area contributed by atoms with Crippen LogP contribution in [0.15, 0.2) is 53.7 Å². The first kappa shape index (κ1) is 26.0. The largest absolute Gasteiger partial charge is 0.481 e. The molecule has 2 bridgehead atoms. The zero-order chi connectivity index (χ0) is 28.1. The minimum atomic E-state index is 0.263. The molecule has 0 aromatic carbocycles. The minimum Gasteiger partial charge on any atom is -0.481 e. The van der Waals surface area contributed by atoms with Crippen LogP contribution in [0, 0.1) is 23.2 Å². The van der Waals surface area contributed by atoms with Crippen molar-refractivity contribution in [3.8, 4) is 17.2 Å². The third kappa shape index (κ3) is 4.63. The summed E-state index contributed by atoms with van der Waals surface area (Å²) in [5.74, 6) is 2.56. The number of methoxy groups -OCH3 is 1. The van der Waals surface area contributed by atoms with Crippen LogP contribution in [0.1, 0.15) is 25.8 Å². The molecule has 8 heterocycles. The van der Waals surface area contributed by atoms with Gasteiger partial charge in [0, 0.05) is 73.8 Å². The number of fused-ring (bicyclic) bond motifs is 3. The number of nitriles is 1. The number of piperazine rings is 1. The van der Waals surface area contributed by atoms with Crippen LogP contribution in [-0.4, -0.2) is 90.3 Å². The summed E-state index contributed by atoms with van der Waals surface area (Å²) < 4.78 is 12.8. The molecule has 4 fully saturated rings. The molecule has 5 aliphatic heterocycles. The van der Waals surface area contributed by atoms with E-state index in [2.05, 4.69) is 75.2 Å². The molecule has 4 saturated heterocycles. The van der Waals surface area contributed by atoms with Crippen LogP contribution in [0.3, 0.4) is 0 Å². The van der Waals surface area contributed by atoms with Crippen LogP contribution in [0.2, 0.25) is 0 Å². The van der Waals surface area contributed by atoms with Crippen molar-refractivity contribution < 1.29 is 9.47 Å². The number of rotatable bonds is 6. The van der Waals surface area contributed by atoms with Crippen molar-refractivity contribution in [2.45, 2.75) is 38.4 Å². The van der Waals surface area contributed by atoms with Gasteiger partial charge in [-0.3, -0.25) is 4.90 Å². The van der Waals surface area contributed by atoms with E-state index in [1.165, 1.54) is 6.42 Å². The molecule has 0 radical (unpaired) electrons. The first-order valence-corrected chi connectivity index (χ1v) is 14.6. The van der Waals surface area contributed by atoms with Gasteiger partial charge in [0.1, 0.15) is 11.9 Å². The maximum absolute atomic E-state index is 9.79. The fourth-order valence-electron chi connectivity index (χ4n) is 6.86. The lowest BCUT2D eigenvalue weighted by molar-refractivity contribution is -0.00998. The van der Waals surface area contributed by atoms with Gasteiger partial charge >= 0.3 is 0 Å². The molecule has 0 amide bonds. The van der Waals surface area contributed by atoms with Crippen LogP contribution < -0.4 is 9.80 Å². The fourth-order valence-corrected chi connectivity index (χ4v) is 6.86. The molecule has 10 heteroatoms. The van der Waals surface area contributed by atoms with Crippen LogP contribution in [0.25, 0.3) is 16.6 Å². The van der Waals surface area contributed by atoms with Gasteiger partial charge < -0.3 is 19.3 Å². The summed E-state index contributed by atoms with van der Waals surface area (Å²) >= 11 is 0. The van der Waals surface area contributed by atoms with Gasteiger partial charge in [0.2, 0.25) is 5.88 Å². The van der Waals surface area contributed by atoms with Crippen molar-refractivity contribution in [3.05, 3.63) is 54.3 Å². The summed E-state index contributed by atoms with van der Waals surface area (Å²) in [6, 6.07) is 10.1. The predicted octanol–water partition coefficient (Wildman–Crippen LogP) is 3.58. The summed E-state index contributed by atoms with van der Waals surface area (Å²) in [6.45, 7) is 9.63. The van der Waals surface area contributed by atoms with Gasteiger partial charge in [-0.1, -0.05) is 6.92 Å². The van der Waals surface area contributed by atoms with Crippen LogP contribution in [0.5, 0.6) is 0 Å². The Balaban J connectivity index is 1.09. The number of pyridine rings is 2. The lowest BCUT2D eigenvalue weighted by atomic mass is 9.83. The van der Waals surface area contributed by atoms with Gasteiger partial charge in [-0.25, -0.2) is 14.5 Å². The number of allylic oxidation sites excluding steroid dienone is 1. The molecule has 0 N–H and O–H groups in total. The Morgan fingerprint density at radius 1 is 1.17 bits per heavy atom. The Morgan fingerprint density at radius 2 is 2.02 bits per heavy atom. The zero-order valence-electron chi connectivity index (χ0n) is 23.8. The van der Waals surface area contributed by atoms with E-state index in [1.54, 1.807) is 13.3 Å². The van der Waals surface area contributed by atoms with Crippen molar-refractivity contribution in [2.24, 2.45) is 16.8 Å². The third-order valence-corrected chi connectivity index (χ3v) is 9.25. The molecule has 0 saturated carbocycles. The number of ether oxygens (including phenoxy) is 2. The molecular weight excluding hydrogens is 516 g/mol. The molecule has 5 aliphatic rings. The summed E-state index contributed by atoms with van der Waals surface area (Å²) in [7, 11) is 1.68. The Morgan fingerprint density at radius 3 is 2.73 bits per heavy atom. The lowest BCUT2D eigenvalue weighted by Crippen LogP contribution is -2.69. The molecule has 8 rings (SSSR count). The highest BCUT2D eigenvalue weighted by Gasteiger charge is 2.45. The van der Waals surface area contributed by atoms with Crippen molar-refractivity contribution in [3.63, 3.8) is 0 Å². The van der Waals surface area contributed by atoms with Crippen molar-refractivity contribution in [2.75, 3.05) is 56.3 Å². The van der Waals surface area contributed by atoms with Gasteiger partial charge in [-0.15, -0.1) is 0 Å². The average molecular weight is 553 g/mol. The highest BCUT2D eigenvalue weighted by atomic mass is 16.5. The number of nitrogens with zero attached hydrogens (tertiary/aromatic N) is 8. The lowest BCUT2D eigenvalue weighted by Gasteiger charge is -2.57. The second kappa shape index (κ2) is 10.5. The first-order chi connectivity index (χ1) is 20.0. The maximum Gasteiger partial charge on any atom is 0.208 e. The van der Waals surface area contributed by atoms with Crippen molar-refractivity contribution >= 4 is 23.2 Å². The first-order valence-electron chi connectivity index (χ1n) is 14.6. The highest BCUT2D eigenvalue weighted by Crippen LogP contribution is 2.37. The molecule has 3 aromatic rings. The van der Waals surface area contributed by atoms with E-state index >= 15 is 0 Å². The molecule has 3 aromatic heterocycles. The molecule has 0 aliphatic carbocycles. The Hall–Kier alpha value is -3.94. The molecule has 212 valence electrons. The molecule has 10 nitrogen and oxygen atoms in total. The Kier molecular flexibility index (Phi) is 6.64. The smallest absolute Gasteiger partial charge is 0.208 e. The Bertz CT molecular complexity index is 1530. The number of hydrogen-bond donors (Lipinski definition) is 0. The van der Waals surface area contributed by atoms with E-state index in [9.17, 15) is 5.26 Å².